The summed E-state index contributed by atoms with van der Waals surface area (Å²) in [6.45, 7) is -0.698. The van der Waals surface area contributed by atoms with Crippen molar-refractivity contribution in [2.75, 3.05) is 0 Å². The first-order valence-corrected chi connectivity index (χ1v) is 6.20. The van der Waals surface area contributed by atoms with Crippen LogP contribution < -0.4 is 0 Å². The van der Waals surface area contributed by atoms with Crippen molar-refractivity contribution in [3.8, 4) is 0 Å². The Morgan fingerprint density at radius 1 is 1.50 bits per heavy atom. The number of rotatable bonds is 4. The van der Waals surface area contributed by atoms with Crippen LogP contribution in [0.4, 0.5) is 8.78 Å². The van der Waals surface area contributed by atoms with Crippen molar-refractivity contribution >= 4 is 23.1 Å². The fraction of sp³-hybridized carbons (Fsp3) is 0.375. The van der Waals surface area contributed by atoms with Crippen molar-refractivity contribution in [3.63, 3.8) is 0 Å². The van der Waals surface area contributed by atoms with Gasteiger partial charge in [0.2, 0.25) is 0 Å². The molecule has 2 heterocycles. The van der Waals surface area contributed by atoms with Crippen molar-refractivity contribution in [2.24, 2.45) is 0 Å². The molecule has 2 aromatic rings. The molecule has 0 amide bonds. The normalized spacial score (nSPS) is 11.2. The first kappa shape index (κ1) is 11.5. The second-order valence-electron chi connectivity index (χ2n) is 2.90. The summed E-state index contributed by atoms with van der Waals surface area (Å²) in [7, 11) is 0. The van der Waals surface area contributed by atoms with Crippen LogP contribution in [0.1, 0.15) is 17.4 Å². The maximum absolute atomic E-state index is 12.5. The van der Waals surface area contributed by atoms with Gasteiger partial charge >= 0.3 is 6.55 Å². The molecule has 8 heteroatoms. The third-order valence-electron chi connectivity index (χ3n) is 1.79. The van der Waals surface area contributed by atoms with Crippen LogP contribution in [0.5, 0.6) is 0 Å². The van der Waals surface area contributed by atoms with Gasteiger partial charge in [0.1, 0.15) is 10.8 Å². The monoisotopic (exact) mass is 262 g/mol. The van der Waals surface area contributed by atoms with Gasteiger partial charge in [-0.1, -0.05) is 23.1 Å². The molecule has 0 N–H and O–H groups in total. The maximum Gasteiger partial charge on any atom is 0.319 e. The van der Waals surface area contributed by atoms with Crippen LogP contribution in [0, 0.1) is 6.92 Å². The van der Waals surface area contributed by atoms with Crippen molar-refractivity contribution < 1.29 is 8.78 Å². The number of thioether (sulfide) groups is 1. The summed E-state index contributed by atoms with van der Waals surface area (Å²) in [5.41, 5.74) is 0. The van der Waals surface area contributed by atoms with Gasteiger partial charge in [0, 0.05) is 12.4 Å². The number of nitrogens with zero attached hydrogens (tertiary/aromatic N) is 4. The van der Waals surface area contributed by atoms with Gasteiger partial charge < -0.3 is 0 Å². The summed E-state index contributed by atoms with van der Waals surface area (Å²) in [6.07, 6.45) is 2.64. The molecule has 2 rings (SSSR count). The van der Waals surface area contributed by atoms with E-state index in [1.807, 2.05) is 6.92 Å². The third-order valence-corrected chi connectivity index (χ3v) is 3.76. The number of hydrogen-bond donors (Lipinski definition) is 0. The Hall–Kier alpha value is -1.02. The molecule has 4 nitrogen and oxygen atoms in total. The zero-order valence-electron chi connectivity index (χ0n) is 8.30. The summed E-state index contributed by atoms with van der Waals surface area (Å²) in [4.78, 5) is 3.88. The second-order valence-corrected chi connectivity index (χ2v) is 5.31. The van der Waals surface area contributed by atoms with E-state index >= 15 is 0 Å². The van der Waals surface area contributed by atoms with Gasteiger partial charge in [-0.2, -0.15) is 8.78 Å². The van der Waals surface area contributed by atoms with Crippen molar-refractivity contribution in [1.29, 1.82) is 0 Å². The number of halogens is 2. The van der Waals surface area contributed by atoms with Gasteiger partial charge in [-0.3, -0.25) is 4.57 Å². The molecule has 0 unspecified atom stereocenters. The molecule has 0 atom stereocenters. The average Bonchev–Trinajstić information content (AvgIpc) is 2.83. The molecular formula is C8H8F2N4S2. The molecule has 0 saturated heterocycles. The highest BCUT2D eigenvalue weighted by Crippen LogP contribution is 2.26. The van der Waals surface area contributed by atoms with Gasteiger partial charge in [0.15, 0.2) is 4.34 Å². The van der Waals surface area contributed by atoms with Crippen LogP contribution in [0.2, 0.25) is 0 Å². The van der Waals surface area contributed by atoms with E-state index in [1.54, 1.807) is 0 Å². The zero-order valence-corrected chi connectivity index (χ0v) is 9.93. The molecular weight excluding hydrogens is 254 g/mol. The van der Waals surface area contributed by atoms with E-state index in [2.05, 4.69) is 15.2 Å². The van der Waals surface area contributed by atoms with Crippen LogP contribution in [-0.2, 0) is 5.75 Å². The van der Waals surface area contributed by atoms with Crippen molar-refractivity contribution in [2.45, 2.75) is 23.6 Å². The number of hydrogen-bond acceptors (Lipinski definition) is 5. The lowest BCUT2D eigenvalue weighted by Crippen LogP contribution is -2.01. The van der Waals surface area contributed by atoms with Gasteiger partial charge in [-0.15, -0.1) is 10.2 Å². The highest BCUT2D eigenvalue weighted by molar-refractivity contribution is 8.00. The lowest BCUT2D eigenvalue weighted by atomic mass is 10.7. The Bertz CT molecular complexity index is 468. The van der Waals surface area contributed by atoms with Crippen LogP contribution in [0.15, 0.2) is 16.7 Å². The first-order valence-electron chi connectivity index (χ1n) is 4.39. The summed E-state index contributed by atoms with van der Waals surface area (Å²) in [5, 5.41) is 8.60. The quantitative estimate of drug-likeness (QED) is 0.795. The zero-order chi connectivity index (χ0) is 11.5. The summed E-state index contributed by atoms with van der Waals surface area (Å²) >= 11 is 2.80. The fourth-order valence-corrected chi connectivity index (χ4v) is 2.86. The van der Waals surface area contributed by atoms with E-state index in [0.29, 0.717) is 11.6 Å². The minimum Gasteiger partial charge on any atom is -0.277 e. The third kappa shape index (κ3) is 2.56. The van der Waals surface area contributed by atoms with Gasteiger partial charge in [-0.25, -0.2) is 4.98 Å². The van der Waals surface area contributed by atoms with E-state index in [4.69, 9.17) is 0 Å². The number of alkyl halides is 2. The Morgan fingerprint density at radius 3 is 2.94 bits per heavy atom. The molecule has 0 bridgehead atoms. The van der Waals surface area contributed by atoms with E-state index in [1.165, 1.54) is 35.5 Å². The Labute approximate surface area is 98.7 Å². The summed E-state index contributed by atoms with van der Waals surface area (Å²) < 4.78 is 26.6. The van der Waals surface area contributed by atoms with E-state index in [9.17, 15) is 8.78 Å². The molecule has 0 fully saturated rings. The minimum absolute atomic E-state index is 0.341. The molecule has 0 aliphatic carbocycles. The van der Waals surface area contributed by atoms with E-state index < -0.39 is 6.55 Å². The number of aryl methyl sites for hydroxylation is 1. The SMILES string of the molecule is Cc1nnc(SCc2nccn2C(F)F)s1. The van der Waals surface area contributed by atoms with E-state index in [-0.39, 0.29) is 0 Å². The Kier molecular flexibility index (Phi) is 3.49. The Balaban J connectivity index is 2.02. The lowest BCUT2D eigenvalue weighted by molar-refractivity contribution is 0.0678. The summed E-state index contributed by atoms with van der Waals surface area (Å²) in [5.74, 6) is 0.708. The Morgan fingerprint density at radius 2 is 2.31 bits per heavy atom. The first-order chi connectivity index (χ1) is 7.66. The van der Waals surface area contributed by atoms with Crippen LogP contribution in [-0.4, -0.2) is 19.7 Å². The average molecular weight is 262 g/mol. The largest absolute Gasteiger partial charge is 0.319 e. The van der Waals surface area contributed by atoms with Crippen LogP contribution >= 0.6 is 23.1 Å². The van der Waals surface area contributed by atoms with Gasteiger partial charge in [0.05, 0.1) is 5.75 Å². The van der Waals surface area contributed by atoms with E-state index in [0.717, 1.165) is 13.9 Å². The smallest absolute Gasteiger partial charge is 0.277 e. The van der Waals surface area contributed by atoms with Gasteiger partial charge in [-0.05, 0) is 6.92 Å². The predicted octanol–water partition coefficient (Wildman–Crippen LogP) is 2.73. The molecule has 16 heavy (non-hydrogen) atoms. The maximum atomic E-state index is 12.5. The van der Waals surface area contributed by atoms with Crippen molar-refractivity contribution in [1.82, 2.24) is 19.7 Å². The molecule has 0 spiro atoms. The second kappa shape index (κ2) is 4.88. The standard InChI is InChI=1S/C8H8F2N4S2/c1-5-12-13-8(16-5)15-4-6-11-2-3-14(6)7(9)10/h2-3,7H,4H2,1H3. The highest BCUT2D eigenvalue weighted by atomic mass is 32.2. The molecule has 0 aliphatic heterocycles. The molecule has 0 aromatic carbocycles. The van der Waals surface area contributed by atoms with Crippen LogP contribution in [0.3, 0.4) is 0 Å². The van der Waals surface area contributed by atoms with Gasteiger partial charge in [0.25, 0.3) is 0 Å². The molecule has 0 aliphatic rings. The summed E-state index contributed by atoms with van der Waals surface area (Å²) in [6, 6.07) is 0. The molecule has 0 saturated carbocycles. The lowest BCUT2D eigenvalue weighted by Gasteiger charge is -2.04. The predicted molar refractivity (Wildman–Crippen MR) is 57.7 cm³/mol. The molecule has 86 valence electrons. The number of aromatic nitrogens is 4. The molecule has 2 aromatic heterocycles. The van der Waals surface area contributed by atoms with Crippen molar-refractivity contribution in [3.05, 3.63) is 23.2 Å². The minimum atomic E-state index is -2.55. The topological polar surface area (TPSA) is 43.6 Å². The molecule has 0 radical (unpaired) electrons. The van der Waals surface area contributed by atoms with Crippen LogP contribution in [0.25, 0.3) is 0 Å². The highest BCUT2D eigenvalue weighted by Gasteiger charge is 2.12. The fourth-order valence-electron chi connectivity index (χ4n) is 1.10. The number of imidazole rings is 1.